The smallest absolute Gasteiger partial charge is 0.250 e. The van der Waals surface area contributed by atoms with E-state index in [9.17, 15) is 4.79 Å². The standard InChI is InChI=1S/C24H25BrN4O3S/c1-15-5-7-18(8-6-15)13-32-22-11-20(25)19(10-21(22)31-4)12-26-29-23(30)14-33-24-27-16(2)9-17(3)28-24/h5-12H,13-14H2,1-4H3,(H,29,30)/b26-12-. The van der Waals surface area contributed by atoms with E-state index in [0.29, 0.717) is 23.3 Å². The van der Waals surface area contributed by atoms with Gasteiger partial charge in [0.2, 0.25) is 0 Å². The zero-order chi connectivity index (χ0) is 23.8. The van der Waals surface area contributed by atoms with Crippen LogP contribution in [0.25, 0.3) is 0 Å². The molecule has 0 aliphatic carbocycles. The largest absolute Gasteiger partial charge is 0.493 e. The number of aryl methyl sites for hydroxylation is 3. The van der Waals surface area contributed by atoms with Crippen LogP contribution in [0, 0.1) is 20.8 Å². The molecule has 0 aliphatic rings. The summed E-state index contributed by atoms with van der Waals surface area (Å²) in [6.07, 6.45) is 1.55. The highest BCUT2D eigenvalue weighted by Gasteiger charge is 2.10. The van der Waals surface area contributed by atoms with Crippen LogP contribution in [-0.2, 0) is 11.4 Å². The number of methoxy groups -OCH3 is 1. The fraction of sp³-hybridized carbons (Fsp3) is 0.250. The molecule has 0 atom stereocenters. The molecule has 1 amide bonds. The van der Waals surface area contributed by atoms with Crippen LogP contribution in [0.1, 0.15) is 28.1 Å². The number of nitrogens with one attached hydrogen (secondary N) is 1. The van der Waals surface area contributed by atoms with E-state index in [-0.39, 0.29) is 11.7 Å². The molecule has 3 aromatic rings. The van der Waals surface area contributed by atoms with Crippen LogP contribution < -0.4 is 14.9 Å². The Morgan fingerprint density at radius 1 is 1.09 bits per heavy atom. The van der Waals surface area contributed by atoms with Crippen LogP contribution in [0.4, 0.5) is 0 Å². The average Bonchev–Trinajstić information content (AvgIpc) is 2.78. The molecule has 1 N–H and O–H groups in total. The Morgan fingerprint density at radius 3 is 2.45 bits per heavy atom. The van der Waals surface area contributed by atoms with Gasteiger partial charge in [0.25, 0.3) is 5.91 Å². The fourth-order valence-corrected chi connectivity index (χ4v) is 4.03. The van der Waals surface area contributed by atoms with Crippen LogP contribution in [-0.4, -0.2) is 35.0 Å². The summed E-state index contributed by atoms with van der Waals surface area (Å²) in [6, 6.07) is 13.7. The summed E-state index contributed by atoms with van der Waals surface area (Å²) >= 11 is 4.79. The molecule has 0 spiro atoms. The van der Waals surface area contributed by atoms with E-state index in [2.05, 4.69) is 36.4 Å². The van der Waals surface area contributed by atoms with Gasteiger partial charge in [-0.15, -0.1) is 0 Å². The van der Waals surface area contributed by atoms with Crippen LogP contribution in [0.2, 0.25) is 0 Å². The number of nitrogens with zero attached hydrogens (tertiary/aromatic N) is 3. The lowest BCUT2D eigenvalue weighted by Crippen LogP contribution is -2.19. The van der Waals surface area contributed by atoms with Crippen molar-refractivity contribution in [2.75, 3.05) is 12.9 Å². The zero-order valence-corrected chi connectivity index (χ0v) is 21.3. The molecule has 9 heteroatoms. The summed E-state index contributed by atoms with van der Waals surface area (Å²) in [5.74, 6) is 1.09. The normalized spacial score (nSPS) is 10.9. The van der Waals surface area contributed by atoms with Crippen molar-refractivity contribution in [1.29, 1.82) is 0 Å². The topological polar surface area (TPSA) is 85.7 Å². The molecule has 33 heavy (non-hydrogen) atoms. The summed E-state index contributed by atoms with van der Waals surface area (Å²) in [6.45, 7) is 6.27. The van der Waals surface area contributed by atoms with Gasteiger partial charge in [-0.2, -0.15) is 5.10 Å². The number of aromatic nitrogens is 2. The van der Waals surface area contributed by atoms with Gasteiger partial charge in [0.05, 0.1) is 19.1 Å². The lowest BCUT2D eigenvalue weighted by atomic mass is 10.2. The molecule has 2 aromatic carbocycles. The number of hydrogen-bond donors (Lipinski definition) is 1. The maximum absolute atomic E-state index is 12.1. The van der Waals surface area contributed by atoms with Crippen molar-refractivity contribution < 1.29 is 14.3 Å². The first-order valence-electron chi connectivity index (χ1n) is 10.2. The first-order valence-corrected chi connectivity index (χ1v) is 11.9. The molecule has 0 fully saturated rings. The number of amides is 1. The van der Waals surface area contributed by atoms with Crippen molar-refractivity contribution in [3.63, 3.8) is 0 Å². The summed E-state index contributed by atoms with van der Waals surface area (Å²) in [7, 11) is 1.58. The Hall–Kier alpha value is -2.91. The second kappa shape index (κ2) is 11.8. The Kier molecular flexibility index (Phi) is 8.85. The molecule has 1 aromatic heterocycles. The number of rotatable bonds is 9. The predicted octanol–water partition coefficient (Wildman–Crippen LogP) is 4.99. The molecule has 1 heterocycles. The molecule has 0 saturated heterocycles. The number of carbonyl (C=O) groups is 1. The average molecular weight is 529 g/mol. The molecule has 0 aliphatic heterocycles. The molecular weight excluding hydrogens is 504 g/mol. The monoisotopic (exact) mass is 528 g/mol. The van der Waals surface area contributed by atoms with Crippen LogP contribution in [0.15, 0.2) is 57.2 Å². The minimum Gasteiger partial charge on any atom is -0.493 e. The van der Waals surface area contributed by atoms with E-state index in [1.54, 1.807) is 19.4 Å². The first-order chi connectivity index (χ1) is 15.8. The lowest BCUT2D eigenvalue weighted by molar-refractivity contribution is -0.118. The molecule has 0 saturated carbocycles. The van der Waals surface area contributed by atoms with E-state index in [4.69, 9.17) is 9.47 Å². The summed E-state index contributed by atoms with van der Waals surface area (Å²) in [5.41, 5.74) is 7.26. The molecular formula is C24H25BrN4O3S. The lowest BCUT2D eigenvalue weighted by Gasteiger charge is -2.13. The van der Waals surface area contributed by atoms with Crippen LogP contribution in [0.5, 0.6) is 11.5 Å². The van der Waals surface area contributed by atoms with Gasteiger partial charge in [0.15, 0.2) is 16.7 Å². The summed E-state index contributed by atoms with van der Waals surface area (Å²) in [5, 5.41) is 4.62. The van der Waals surface area contributed by atoms with Crippen molar-refractivity contribution in [3.05, 3.63) is 75.0 Å². The quantitative estimate of drug-likeness (QED) is 0.182. The first kappa shape index (κ1) is 24.7. The van der Waals surface area contributed by atoms with E-state index in [0.717, 1.165) is 27.0 Å². The van der Waals surface area contributed by atoms with Gasteiger partial charge < -0.3 is 9.47 Å². The van der Waals surface area contributed by atoms with E-state index in [1.165, 1.54) is 17.3 Å². The van der Waals surface area contributed by atoms with E-state index in [1.807, 2.05) is 57.2 Å². The van der Waals surface area contributed by atoms with Gasteiger partial charge in [-0.05, 0) is 60.5 Å². The second-order valence-corrected chi connectivity index (χ2v) is 9.11. The number of hydrazone groups is 1. The van der Waals surface area contributed by atoms with Crippen LogP contribution >= 0.6 is 27.7 Å². The van der Waals surface area contributed by atoms with Crippen molar-refractivity contribution in [3.8, 4) is 11.5 Å². The minimum atomic E-state index is -0.250. The molecule has 0 radical (unpaired) electrons. The highest BCUT2D eigenvalue weighted by Crippen LogP contribution is 2.33. The summed E-state index contributed by atoms with van der Waals surface area (Å²) in [4.78, 5) is 20.7. The zero-order valence-electron chi connectivity index (χ0n) is 18.9. The Morgan fingerprint density at radius 2 is 1.79 bits per heavy atom. The number of benzene rings is 2. The van der Waals surface area contributed by atoms with E-state index < -0.39 is 0 Å². The molecule has 7 nitrogen and oxygen atoms in total. The van der Waals surface area contributed by atoms with Crippen molar-refractivity contribution in [1.82, 2.24) is 15.4 Å². The molecule has 172 valence electrons. The molecule has 0 unspecified atom stereocenters. The number of hydrogen-bond acceptors (Lipinski definition) is 7. The maximum atomic E-state index is 12.1. The van der Waals surface area contributed by atoms with Gasteiger partial charge in [-0.25, -0.2) is 15.4 Å². The number of halogens is 1. The van der Waals surface area contributed by atoms with Crippen LogP contribution in [0.3, 0.4) is 0 Å². The van der Waals surface area contributed by atoms with Gasteiger partial charge >= 0.3 is 0 Å². The Bertz CT molecular complexity index is 1130. The van der Waals surface area contributed by atoms with Gasteiger partial charge in [-0.1, -0.05) is 41.6 Å². The van der Waals surface area contributed by atoms with Crippen molar-refractivity contribution in [2.45, 2.75) is 32.5 Å². The predicted molar refractivity (Wildman–Crippen MR) is 134 cm³/mol. The third kappa shape index (κ3) is 7.57. The van der Waals surface area contributed by atoms with E-state index >= 15 is 0 Å². The second-order valence-electron chi connectivity index (χ2n) is 7.31. The Balaban J connectivity index is 1.58. The third-order valence-corrected chi connectivity index (χ3v) is 6.02. The molecule has 3 rings (SSSR count). The fourth-order valence-electron chi connectivity index (χ4n) is 2.86. The van der Waals surface area contributed by atoms with Gasteiger partial charge in [-0.3, -0.25) is 4.79 Å². The molecule has 0 bridgehead atoms. The number of carbonyl (C=O) groups excluding carboxylic acids is 1. The minimum absolute atomic E-state index is 0.163. The SMILES string of the molecule is COc1cc(/C=N\NC(=O)CSc2nc(C)cc(C)n2)c(Br)cc1OCc1ccc(C)cc1. The van der Waals surface area contributed by atoms with Crippen molar-refractivity contribution in [2.24, 2.45) is 5.10 Å². The number of thioether (sulfide) groups is 1. The third-order valence-electron chi connectivity index (χ3n) is 4.48. The summed E-state index contributed by atoms with van der Waals surface area (Å²) < 4.78 is 12.2. The van der Waals surface area contributed by atoms with Gasteiger partial charge in [0.1, 0.15) is 6.61 Å². The highest BCUT2D eigenvalue weighted by molar-refractivity contribution is 9.10. The maximum Gasteiger partial charge on any atom is 0.250 e. The van der Waals surface area contributed by atoms with Gasteiger partial charge in [0, 0.05) is 21.4 Å². The highest BCUT2D eigenvalue weighted by atomic mass is 79.9. The Labute approximate surface area is 206 Å². The van der Waals surface area contributed by atoms with Crippen molar-refractivity contribution >= 4 is 39.8 Å². The number of ether oxygens (including phenoxy) is 2.